The molecule has 0 spiro atoms. The normalized spacial score (nSPS) is 11.6. The van der Waals surface area contributed by atoms with Crippen molar-refractivity contribution in [3.8, 4) is 11.1 Å². The molecule has 9 heteroatoms. The van der Waals surface area contributed by atoms with Crippen molar-refractivity contribution in [2.75, 3.05) is 12.4 Å². The van der Waals surface area contributed by atoms with Gasteiger partial charge in [0.05, 0.1) is 17.3 Å². The van der Waals surface area contributed by atoms with E-state index in [-0.39, 0.29) is 9.10 Å². The molecule has 0 aliphatic rings. The van der Waals surface area contributed by atoms with E-state index in [4.69, 9.17) is 0 Å². The van der Waals surface area contributed by atoms with Crippen molar-refractivity contribution >= 4 is 26.3 Å². The summed E-state index contributed by atoms with van der Waals surface area (Å²) in [7, 11) is -0.442. The van der Waals surface area contributed by atoms with Crippen LogP contribution in [0.3, 0.4) is 0 Å². The van der Waals surface area contributed by atoms with E-state index < -0.39 is 15.7 Å². The van der Waals surface area contributed by atoms with Crippen LogP contribution in [0.4, 0.5) is 9.52 Å². The van der Waals surface area contributed by atoms with E-state index >= 15 is 0 Å². The van der Waals surface area contributed by atoms with Crippen LogP contribution in [-0.2, 0) is 16.9 Å². The second-order valence-electron chi connectivity index (χ2n) is 4.82. The van der Waals surface area contributed by atoms with Gasteiger partial charge in [0.15, 0.2) is 5.13 Å². The third-order valence-corrected chi connectivity index (χ3v) is 6.39. The summed E-state index contributed by atoms with van der Waals surface area (Å²) in [6.45, 7) is 0. The average Bonchev–Trinajstić information content (AvgIpc) is 3.15. The van der Waals surface area contributed by atoms with Gasteiger partial charge >= 0.3 is 0 Å². The van der Waals surface area contributed by atoms with E-state index in [1.807, 2.05) is 0 Å². The van der Waals surface area contributed by atoms with Gasteiger partial charge in [-0.3, -0.25) is 4.68 Å². The fraction of sp³-hybridized carbons (Fsp3) is 0.143. The SMILES string of the molecule is CNc1ncc(S(=O)(=O)c2cc(F)cc(-c3cnn(C)c3)c2)s1. The first-order valence-electron chi connectivity index (χ1n) is 6.58. The lowest BCUT2D eigenvalue weighted by Gasteiger charge is -2.05. The maximum atomic E-state index is 13.9. The van der Waals surface area contributed by atoms with E-state index in [2.05, 4.69) is 15.4 Å². The van der Waals surface area contributed by atoms with Crippen molar-refractivity contribution in [3.05, 3.63) is 42.6 Å². The first-order valence-corrected chi connectivity index (χ1v) is 8.88. The van der Waals surface area contributed by atoms with Gasteiger partial charge in [0.1, 0.15) is 10.0 Å². The minimum atomic E-state index is -3.83. The Morgan fingerprint density at radius 2 is 2.00 bits per heavy atom. The summed E-state index contributed by atoms with van der Waals surface area (Å²) in [5, 5.41) is 7.27. The van der Waals surface area contributed by atoms with Crippen LogP contribution in [0.2, 0.25) is 0 Å². The number of rotatable bonds is 4. The molecule has 0 radical (unpaired) electrons. The predicted octanol–water partition coefficient (Wildman–Crippen LogP) is 2.56. The zero-order valence-corrected chi connectivity index (χ0v) is 13.9. The molecule has 0 bridgehead atoms. The molecule has 0 saturated heterocycles. The summed E-state index contributed by atoms with van der Waals surface area (Å²) in [6.07, 6.45) is 4.51. The van der Waals surface area contributed by atoms with E-state index in [9.17, 15) is 12.8 Å². The minimum Gasteiger partial charge on any atom is -0.365 e. The molecular weight excluding hydrogens is 339 g/mol. The lowest BCUT2D eigenvalue weighted by molar-refractivity contribution is 0.592. The minimum absolute atomic E-state index is 0.0598. The molecule has 0 amide bonds. The number of nitrogens with zero attached hydrogens (tertiary/aromatic N) is 3. The molecule has 0 saturated carbocycles. The number of benzene rings is 1. The Labute approximate surface area is 136 Å². The van der Waals surface area contributed by atoms with Crippen LogP contribution in [0.15, 0.2) is 45.9 Å². The van der Waals surface area contributed by atoms with Crippen LogP contribution < -0.4 is 5.32 Å². The Morgan fingerprint density at radius 1 is 1.22 bits per heavy atom. The zero-order valence-electron chi connectivity index (χ0n) is 12.3. The number of anilines is 1. The van der Waals surface area contributed by atoms with Crippen LogP contribution in [0.1, 0.15) is 0 Å². The van der Waals surface area contributed by atoms with Crippen LogP contribution in [0.5, 0.6) is 0 Å². The number of aryl methyl sites for hydroxylation is 1. The zero-order chi connectivity index (χ0) is 16.6. The van der Waals surface area contributed by atoms with E-state index in [0.29, 0.717) is 16.3 Å². The highest BCUT2D eigenvalue weighted by Gasteiger charge is 2.22. The Balaban J connectivity index is 2.10. The maximum Gasteiger partial charge on any atom is 0.217 e. The summed E-state index contributed by atoms with van der Waals surface area (Å²) in [5.41, 5.74) is 1.10. The first kappa shape index (κ1) is 15.6. The summed E-state index contributed by atoms with van der Waals surface area (Å²) >= 11 is 0.997. The lowest BCUT2D eigenvalue weighted by atomic mass is 10.1. The molecule has 0 unspecified atom stereocenters. The fourth-order valence-corrected chi connectivity index (χ4v) is 4.51. The van der Waals surface area contributed by atoms with Crippen molar-refractivity contribution < 1.29 is 12.8 Å². The monoisotopic (exact) mass is 352 g/mol. The summed E-state index contributed by atoms with van der Waals surface area (Å²) in [4.78, 5) is 3.85. The van der Waals surface area contributed by atoms with Crippen molar-refractivity contribution in [1.82, 2.24) is 14.8 Å². The Morgan fingerprint density at radius 3 is 2.61 bits per heavy atom. The molecule has 0 fully saturated rings. The molecule has 23 heavy (non-hydrogen) atoms. The standard InChI is InChI=1S/C14H13FN4O2S2/c1-16-14-17-7-13(22-14)23(20,21)12-4-9(3-11(15)5-12)10-6-18-19(2)8-10/h3-8H,1-2H3,(H,16,17). The largest absolute Gasteiger partial charge is 0.365 e. The van der Waals surface area contributed by atoms with Gasteiger partial charge in [-0.15, -0.1) is 0 Å². The molecule has 0 aliphatic carbocycles. The summed E-state index contributed by atoms with van der Waals surface area (Å²) in [6, 6.07) is 3.73. The number of hydrogen-bond acceptors (Lipinski definition) is 6. The molecule has 1 N–H and O–H groups in total. The molecular formula is C14H13FN4O2S2. The second-order valence-corrected chi connectivity index (χ2v) is 8.02. The van der Waals surface area contributed by atoms with Crippen LogP contribution in [0.25, 0.3) is 11.1 Å². The predicted molar refractivity (Wildman–Crippen MR) is 85.7 cm³/mol. The Bertz CT molecular complexity index is 963. The number of nitrogens with one attached hydrogen (secondary N) is 1. The van der Waals surface area contributed by atoms with Crippen LogP contribution in [-0.4, -0.2) is 30.2 Å². The highest BCUT2D eigenvalue weighted by molar-refractivity contribution is 7.93. The number of halogens is 1. The number of sulfone groups is 1. The van der Waals surface area contributed by atoms with Gasteiger partial charge in [-0.2, -0.15) is 5.10 Å². The number of aromatic nitrogens is 3. The molecule has 120 valence electrons. The van der Waals surface area contributed by atoms with Crippen molar-refractivity contribution in [1.29, 1.82) is 0 Å². The molecule has 2 aromatic heterocycles. The second kappa shape index (κ2) is 5.74. The lowest BCUT2D eigenvalue weighted by Crippen LogP contribution is -2.01. The van der Waals surface area contributed by atoms with Crippen molar-refractivity contribution in [3.63, 3.8) is 0 Å². The van der Waals surface area contributed by atoms with Gasteiger partial charge in [0.2, 0.25) is 9.84 Å². The molecule has 1 aromatic carbocycles. The van der Waals surface area contributed by atoms with E-state index in [0.717, 1.165) is 17.4 Å². The smallest absolute Gasteiger partial charge is 0.217 e. The Kier molecular flexibility index (Phi) is 3.90. The van der Waals surface area contributed by atoms with Gasteiger partial charge in [0.25, 0.3) is 0 Å². The first-order chi connectivity index (χ1) is 10.9. The topological polar surface area (TPSA) is 76.9 Å². The van der Waals surface area contributed by atoms with E-state index in [1.165, 1.54) is 18.3 Å². The highest BCUT2D eigenvalue weighted by atomic mass is 32.2. The van der Waals surface area contributed by atoms with Gasteiger partial charge in [-0.05, 0) is 23.8 Å². The van der Waals surface area contributed by atoms with Gasteiger partial charge in [0, 0.05) is 25.9 Å². The van der Waals surface area contributed by atoms with E-state index in [1.54, 1.807) is 31.2 Å². The van der Waals surface area contributed by atoms with Crippen molar-refractivity contribution in [2.24, 2.45) is 7.05 Å². The van der Waals surface area contributed by atoms with Gasteiger partial charge in [-0.1, -0.05) is 11.3 Å². The number of hydrogen-bond donors (Lipinski definition) is 1. The summed E-state index contributed by atoms with van der Waals surface area (Å²) < 4.78 is 40.9. The molecule has 0 aliphatic heterocycles. The fourth-order valence-electron chi connectivity index (χ4n) is 2.07. The molecule has 0 atom stereocenters. The van der Waals surface area contributed by atoms with Crippen LogP contribution in [0, 0.1) is 5.82 Å². The number of thiazole rings is 1. The van der Waals surface area contributed by atoms with Gasteiger partial charge < -0.3 is 5.32 Å². The Hall–Kier alpha value is -2.26. The molecule has 3 aromatic rings. The van der Waals surface area contributed by atoms with Crippen LogP contribution >= 0.6 is 11.3 Å². The third-order valence-electron chi connectivity index (χ3n) is 3.18. The van der Waals surface area contributed by atoms with Crippen molar-refractivity contribution in [2.45, 2.75) is 9.10 Å². The summed E-state index contributed by atoms with van der Waals surface area (Å²) in [5.74, 6) is -0.622. The molecule has 6 nitrogen and oxygen atoms in total. The average molecular weight is 352 g/mol. The molecule has 3 rings (SSSR count). The molecule has 2 heterocycles. The maximum absolute atomic E-state index is 13.9. The third kappa shape index (κ3) is 2.97. The highest BCUT2D eigenvalue weighted by Crippen LogP contribution is 2.31. The quantitative estimate of drug-likeness (QED) is 0.781. The van der Waals surface area contributed by atoms with Gasteiger partial charge in [-0.25, -0.2) is 17.8 Å².